The van der Waals surface area contributed by atoms with Crippen LogP contribution in [-0.4, -0.2) is 0 Å². The van der Waals surface area contributed by atoms with Gasteiger partial charge in [0.25, 0.3) is 0 Å². The van der Waals surface area contributed by atoms with Gasteiger partial charge >= 0.3 is 0 Å². The van der Waals surface area contributed by atoms with Gasteiger partial charge in [-0.2, -0.15) is 0 Å². The lowest BCUT2D eigenvalue weighted by Gasteiger charge is -2.12. The summed E-state index contributed by atoms with van der Waals surface area (Å²) in [6.07, 6.45) is 13.4. The van der Waals surface area contributed by atoms with Crippen LogP contribution in [0.25, 0.3) is 0 Å². The molecule has 70 valence electrons. The predicted octanol–water partition coefficient (Wildman–Crippen LogP) is 4.17. The van der Waals surface area contributed by atoms with E-state index < -0.39 is 0 Å². The van der Waals surface area contributed by atoms with Crippen LogP contribution in [0.4, 0.5) is 0 Å². The molecule has 0 aliphatic heterocycles. The molecule has 0 saturated carbocycles. The summed E-state index contributed by atoms with van der Waals surface area (Å²) in [7, 11) is 0. The van der Waals surface area contributed by atoms with Crippen molar-refractivity contribution in [3.8, 4) is 0 Å². The molecule has 1 rings (SSSR count). The monoisotopic (exact) mass is 166 g/mol. The van der Waals surface area contributed by atoms with E-state index >= 15 is 0 Å². The Labute approximate surface area is 77.1 Å². The highest BCUT2D eigenvalue weighted by atomic mass is 14.1. The molecule has 0 nitrogen and oxygen atoms in total. The van der Waals surface area contributed by atoms with Crippen LogP contribution >= 0.6 is 0 Å². The minimum Gasteiger partial charge on any atom is -0.0854 e. The fraction of sp³-hybridized carbons (Fsp3) is 0.833. The lowest BCUT2D eigenvalue weighted by molar-refractivity contribution is 0.503. The Hall–Kier alpha value is -0.260. The van der Waals surface area contributed by atoms with Gasteiger partial charge in [-0.3, -0.25) is 0 Å². The summed E-state index contributed by atoms with van der Waals surface area (Å²) >= 11 is 0. The second-order valence-electron chi connectivity index (χ2n) is 4.33. The van der Waals surface area contributed by atoms with Crippen LogP contribution in [0.1, 0.15) is 52.4 Å². The molecule has 0 N–H and O–H groups in total. The first-order chi connectivity index (χ1) is 5.79. The highest BCUT2D eigenvalue weighted by Gasteiger charge is 2.03. The third kappa shape index (κ3) is 3.94. The Bertz CT molecular complexity index is 119. The van der Waals surface area contributed by atoms with Gasteiger partial charge in [0, 0.05) is 0 Å². The van der Waals surface area contributed by atoms with Crippen LogP contribution in [0.5, 0.6) is 0 Å². The molecule has 0 radical (unpaired) electrons. The summed E-state index contributed by atoms with van der Waals surface area (Å²) in [6.45, 7) is 4.68. The SMILES string of the molecule is CC1C=CC(C)CCCCCC1. The average Bonchev–Trinajstić information content (AvgIpc) is 2.07. The number of hydrogen-bond acceptors (Lipinski definition) is 0. The quantitative estimate of drug-likeness (QED) is 0.474. The molecule has 2 unspecified atom stereocenters. The van der Waals surface area contributed by atoms with Crippen LogP contribution in [0.3, 0.4) is 0 Å². The van der Waals surface area contributed by atoms with Crippen molar-refractivity contribution in [2.24, 2.45) is 11.8 Å². The van der Waals surface area contributed by atoms with Gasteiger partial charge in [0.05, 0.1) is 0 Å². The van der Waals surface area contributed by atoms with E-state index in [0.717, 1.165) is 11.8 Å². The molecule has 0 heterocycles. The first kappa shape index (κ1) is 9.83. The van der Waals surface area contributed by atoms with E-state index in [1.165, 1.54) is 38.5 Å². The third-order valence-electron chi connectivity index (χ3n) is 2.84. The largest absolute Gasteiger partial charge is 0.0854 e. The fourth-order valence-corrected chi connectivity index (χ4v) is 1.86. The molecule has 0 aromatic rings. The normalized spacial score (nSPS) is 33.2. The number of hydrogen-bond donors (Lipinski definition) is 0. The molecule has 1 aliphatic carbocycles. The molecular formula is C12H22. The smallest absolute Gasteiger partial charge is 0.0262 e. The Morgan fingerprint density at radius 2 is 1.17 bits per heavy atom. The van der Waals surface area contributed by atoms with E-state index in [9.17, 15) is 0 Å². The fourth-order valence-electron chi connectivity index (χ4n) is 1.86. The van der Waals surface area contributed by atoms with E-state index in [4.69, 9.17) is 0 Å². The van der Waals surface area contributed by atoms with Gasteiger partial charge in [-0.1, -0.05) is 51.7 Å². The van der Waals surface area contributed by atoms with Gasteiger partial charge in [0.15, 0.2) is 0 Å². The van der Waals surface area contributed by atoms with Crippen molar-refractivity contribution in [1.29, 1.82) is 0 Å². The topological polar surface area (TPSA) is 0 Å². The van der Waals surface area contributed by atoms with Crippen molar-refractivity contribution >= 4 is 0 Å². The Balaban J connectivity index is 2.38. The summed E-state index contributed by atoms with van der Waals surface area (Å²) in [5.74, 6) is 1.62. The van der Waals surface area contributed by atoms with Gasteiger partial charge in [-0.15, -0.1) is 0 Å². The molecule has 2 atom stereocenters. The van der Waals surface area contributed by atoms with Crippen LogP contribution in [-0.2, 0) is 0 Å². The van der Waals surface area contributed by atoms with E-state index in [-0.39, 0.29) is 0 Å². The van der Waals surface area contributed by atoms with E-state index in [2.05, 4.69) is 26.0 Å². The van der Waals surface area contributed by atoms with Crippen molar-refractivity contribution in [2.45, 2.75) is 52.4 Å². The summed E-state index contributed by atoms with van der Waals surface area (Å²) in [5, 5.41) is 0. The van der Waals surface area contributed by atoms with Gasteiger partial charge in [0.1, 0.15) is 0 Å². The maximum absolute atomic E-state index is 2.41. The molecule has 0 aromatic heterocycles. The molecule has 0 heteroatoms. The zero-order valence-corrected chi connectivity index (χ0v) is 8.55. The van der Waals surface area contributed by atoms with Gasteiger partial charge in [-0.25, -0.2) is 0 Å². The standard InChI is InChI=1S/C12H22/c1-11-7-5-3-4-6-8-12(2)10-9-11/h9-12H,3-8H2,1-2H3. The van der Waals surface area contributed by atoms with Crippen LogP contribution < -0.4 is 0 Å². The van der Waals surface area contributed by atoms with Crippen LogP contribution in [0.2, 0.25) is 0 Å². The molecule has 0 bridgehead atoms. The zero-order valence-electron chi connectivity index (χ0n) is 8.55. The van der Waals surface area contributed by atoms with E-state index in [0.29, 0.717) is 0 Å². The molecule has 0 spiro atoms. The summed E-state index contributed by atoms with van der Waals surface area (Å²) in [6, 6.07) is 0. The summed E-state index contributed by atoms with van der Waals surface area (Å²) in [5.41, 5.74) is 0. The lowest BCUT2D eigenvalue weighted by Crippen LogP contribution is -1.96. The molecular weight excluding hydrogens is 144 g/mol. The first-order valence-electron chi connectivity index (χ1n) is 5.47. The highest BCUT2D eigenvalue weighted by Crippen LogP contribution is 2.18. The predicted molar refractivity (Wildman–Crippen MR) is 55.2 cm³/mol. The molecule has 0 fully saturated rings. The van der Waals surface area contributed by atoms with E-state index in [1.54, 1.807) is 0 Å². The van der Waals surface area contributed by atoms with Crippen LogP contribution in [0.15, 0.2) is 12.2 Å². The third-order valence-corrected chi connectivity index (χ3v) is 2.84. The maximum Gasteiger partial charge on any atom is -0.0262 e. The van der Waals surface area contributed by atoms with E-state index in [1.807, 2.05) is 0 Å². The van der Waals surface area contributed by atoms with Crippen molar-refractivity contribution in [2.75, 3.05) is 0 Å². The lowest BCUT2D eigenvalue weighted by atomic mass is 9.95. The summed E-state index contributed by atoms with van der Waals surface area (Å²) < 4.78 is 0. The minimum absolute atomic E-state index is 0.811. The minimum atomic E-state index is 0.811. The number of rotatable bonds is 0. The second-order valence-corrected chi connectivity index (χ2v) is 4.33. The Kier molecular flexibility index (Phi) is 4.42. The Morgan fingerprint density at radius 1 is 0.750 bits per heavy atom. The van der Waals surface area contributed by atoms with Gasteiger partial charge in [0.2, 0.25) is 0 Å². The van der Waals surface area contributed by atoms with Crippen LogP contribution in [0, 0.1) is 11.8 Å². The maximum atomic E-state index is 2.41. The van der Waals surface area contributed by atoms with Crippen molar-refractivity contribution in [1.82, 2.24) is 0 Å². The Morgan fingerprint density at radius 3 is 1.58 bits per heavy atom. The van der Waals surface area contributed by atoms with Crippen molar-refractivity contribution in [3.05, 3.63) is 12.2 Å². The second kappa shape index (κ2) is 5.40. The average molecular weight is 166 g/mol. The zero-order chi connectivity index (χ0) is 8.81. The van der Waals surface area contributed by atoms with Crippen molar-refractivity contribution < 1.29 is 0 Å². The molecule has 0 aromatic carbocycles. The van der Waals surface area contributed by atoms with Gasteiger partial charge in [-0.05, 0) is 24.7 Å². The summed E-state index contributed by atoms with van der Waals surface area (Å²) in [4.78, 5) is 0. The number of allylic oxidation sites excluding steroid dienone is 2. The van der Waals surface area contributed by atoms with Gasteiger partial charge < -0.3 is 0 Å². The first-order valence-corrected chi connectivity index (χ1v) is 5.47. The molecule has 1 aliphatic rings. The molecule has 12 heavy (non-hydrogen) atoms. The van der Waals surface area contributed by atoms with Crippen molar-refractivity contribution in [3.63, 3.8) is 0 Å². The highest BCUT2D eigenvalue weighted by molar-refractivity contribution is 4.90. The molecule has 0 saturated heterocycles. The molecule has 0 amide bonds.